The van der Waals surface area contributed by atoms with Crippen molar-refractivity contribution in [1.29, 1.82) is 0 Å². The van der Waals surface area contributed by atoms with E-state index in [2.05, 4.69) is 5.32 Å². The summed E-state index contributed by atoms with van der Waals surface area (Å²) in [5, 5.41) is 3.87. The van der Waals surface area contributed by atoms with Gasteiger partial charge in [0.2, 0.25) is 10.0 Å². The van der Waals surface area contributed by atoms with Crippen LogP contribution in [-0.2, 0) is 21.0 Å². The third-order valence-corrected chi connectivity index (χ3v) is 9.64. The first-order valence-corrected chi connectivity index (χ1v) is 15.5. The van der Waals surface area contributed by atoms with Gasteiger partial charge in [0.25, 0.3) is 5.91 Å². The lowest BCUT2D eigenvalue weighted by atomic mass is 10.1. The van der Waals surface area contributed by atoms with E-state index >= 15 is 0 Å². The van der Waals surface area contributed by atoms with E-state index < -0.39 is 21.0 Å². The van der Waals surface area contributed by atoms with Crippen molar-refractivity contribution in [3.63, 3.8) is 0 Å². The van der Waals surface area contributed by atoms with Gasteiger partial charge < -0.3 is 10.2 Å². The molecule has 1 fully saturated rings. The second-order valence-electron chi connectivity index (χ2n) is 8.94. The molecule has 0 bridgehead atoms. The first-order valence-electron chi connectivity index (χ1n) is 11.8. The maximum atomic E-state index is 13.3. The van der Waals surface area contributed by atoms with Crippen molar-refractivity contribution >= 4 is 67.2 Å². The summed E-state index contributed by atoms with van der Waals surface area (Å²) in [4.78, 5) is 15.2. The number of halogens is 2. The Balaban J connectivity index is 1.44. The summed E-state index contributed by atoms with van der Waals surface area (Å²) >= 11 is 12.2. The number of carbonyl (C=O) groups excluding carboxylic acids is 1. The molecule has 12 heteroatoms. The molecule has 0 aromatic heterocycles. The Morgan fingerprint density at radius 1 is 0.947 bits per heavy atom. The summed E-state index contributed by atoms with van der Waals surface area (Å²) in [6.45, 7) is 3.49. The van der Waals surface area contributed by atoms with Crippen LogP contribution in [0, 0.1) is 6.92 Å². The van der Waals surface area contributed by atoms with Gasteiger partial charge in [-0.15, -0.1) is 0 Å². The summed E-state index contributed by atoms with van der Waals surface area (Å²) in [7, 11) is -3.36. The van der Waals surface area contributed by atoms with Crippen molar-refractivity contribution in [3.05, 3.63) is 81.8 Å². The number of benzene rings is 3. The number of aryl methyl sites for hydroxylation is 1. The highest BCUT2D eigenvalue weighted by atomic mass is 35.5. The molecule has 1 unspecified atom stereocenters. The van der Waals surface area contributed by atoms with E-state index in [1.807, 2.05) is 30.0 Å². The molecule has 0 spiro atoms. The third kappa shape index (κ3) is 6.32. The average Bonchev–Trinajstić information content (AvgIpc) is 2.88. The second-order valence-corrected chi connectivity index (χ2v) is 13.1. The average molecular weight is 596 g/mol. The van der Waals surface area contributed by atoms with Gasteiger partial charge in [-0.05, 0) is 61.5 Å². The first-order chi connectivity index (χ1) is 18.0. The van der Waals surface area contributed by atoms with E-state index in [-0.39, 0.29) is 10.8 Å². The summed E-state index contributed by atoms with van der Waals surface area (Å²) in [5.41, 5.74) is 3.09. The summed E-state index contributed by atoms with van der Waals surface area (Å²) in [6.07, 6.45) is 1.54. The number of anilines is 3. The lowest BCUT2D eigenvalue weighted by molar-refractivity contribution is 0.102. The fraction of sp³-hybridized carbons (Fsp3) is 0.269. The maximum absolute atomic E-state index is 13.3. The Labute approximate surface area is 235 Å². The van der Waals surface area contributed by atoms with Crippen LogP contribution in [-0.4, -0.2) is 62.3 Å². The molecule has 3 aromatic carbocycles. The molecule has 4 rings (SSSR count). The number of sulfonamides is 1. The van der Waals surface area contributed by atoms with Crippen LogP contribution >= 0.6 is 23.2 Å². The molecule has 0 aliphatic carbocycles. The molecule has 1 saturated heterocycles. The zero-order valence-corrected chi connectivity index (χ0v) is 24.3. The molecular weight excluding hydrogens is 567 g/mol. The van der Waals surface area contributed by atoms with Crippen LogP contribution in [0.15, 0.2) is 65.6 Å². The largest absolute Gasteiger partial charge is 0.369 e. The molecule has 0 radical (unpaired) electrons. The molecule has 0 saturated carbocycles. The number of nitrogens with one attached hydrogen (secondary N) is 1. The number of rotatable bonds is 7. The molecule has 8 nitrogen and oxygen atoms in total. The molecule has 1 amide bonds. The molecule has 1 heterocycles. The Morgan fingerprint density at radius 2 is 1.55 bits per heavy atom. The highest BCUT2D eigenvalue weighted by molar-refractivity contribution is 7.89. The van der Waals surface area contributed by atoms with Gasteiger partial charge in [0.05, 0.1) is 16.1 Å². The van der Waals surface area contributed by atoms with Crippen LogP contribution < -0.4 is 14.5 Å². The van der Waals surface area contributed by atoms with Crippen molar-refractivity contribution in [1.82, 2.24) is 4.31 Å². The van der Waals surface area contributed by atoms with E-state index in [0.29, 0.717) is 53.2 Å². The van der Waals surface area contributed by atoms with Gasteiger partial charge in [-0.25, -0.2) is 12.6 Å². The Morgan fingerprint density at radius 3 is 2.13 bits per heavy atom. The number of hydrogen-bond donors (Lipinski definition) is 1. The van der Waals surface area contributed by atoms with Crippen molar-refractivity contribution < 1.29 is 17.4 Å². The van der Waals surface area contributed by atoms with Crippen molar-refractivity contribution in [2.45, 2.75) is 11.8 Å². The predicted octanol–water partition coefficient (Wildman–Crippen LogP) is 4.79. The molecule has 3 aromatic rings. The van der Waals surface area contributed by atoms with Gasteiger partial charge in [0.1, 0.15) is 11.0 Å². The lowest BCUT2D eigenvalue weighted by Gasteiger charge is -2.35. The standard InChI is InChI=1S/C26H28Cl2N4O4S2/c1-18-4-9-25(30(2)37(3)34)24(14-18)26(33)29-21-5-7-23(8-6-21)38(35,36)32-12-10-31(11-13-32)22-16-19(27)15-20(28)17-22/h4-9,14-17H,10-13H2,1-3H3,(H,29,33). The predicted molar refractivity (Wildman–Crippen MR) is 155 cm³/mol. The fourth-order valence-corrected chi connectivity index (χ4v) is 6.58. The van der Waals surface area contributed by atoms with Crippen molar-refractivity contribution in [3.8, 4) is 0 Å². The minimum absolute atomic E-state index is 0.145. The van der Waals surface area contributed by atoms with Crippen molar-refractivity contribution in [2.24, 2.45) is 0 Å². The number of nitrogens with zero attached hydrogens (tertiary/aromatic N) is 3. The molecule has 1 aliphatic rings. The molecular formula is C26H28Cl2N4O4S2. The second kappa shape index (κ2) is 11.6. The minimum atomic E-state index is -3.71. The Hall–Kier alpha value is -2.63. The van der Waals surface area contributed by atoms with Crippen LogP contribution in [0.3, 0.4) is 0 Å². The van der Waals surface area contributed by atoms with E-state index in [1.54, 1.807) is 37.4 Å². The topological polar surface area (TPSA) is 90.0 Å². The Kier molecular flexibility index (Phi) is 8.68. The van der Waals surface area contributed by atoms with Crippen LogP contribution in [0.4, 0.5) is 17.1 Å². The van der Waals surface area contributed by atoms with Gasteiger partial charge in [0, 0.05) is 60.9 Å². The zero-order valence-electron chi connectivity index (χ0n) is 21.1. The molecule has 1 aliphatic heterocycles. The molecule has 38 heavy (non-hydrogen) atoms. The number of piperazine rings is 1. The molecule has 1 atom stereocenters. The quantitative estimate of drug-likeness (QED) is 0.424. The van der Waals surface area contributed by atoms with E-state index in [0.717, 1.165) is 11.3 Å². The van der Waals surface area contributed by atoms with Crippen LogP contribution in [0.25, 0.3) is 0 Å². The Bertz CT molecular complexity index is 1450. The summed E-state index contributed by atoms with van der Waals surface area (Å²) in [5.74, 6) is -0.381. The summed E-state index contributed by atoms with van der Waals surface area (Å²) < 4.78 is 41.5. The summed E-state index contributed by atoms with van der Waals surface area (Å²) in [6, 6.07) is 16.7. The SMILES string of the molecule is Cc1ccc(N(C)S(C)=O)c(C(=O)Nc2ccc(S(=O)(=O)N3CCN(c4cc(Cl)cc(Cl)c4)CC3)cc2)c1. The smallest absolute Gasteiger partial charge is 0.257 e. The zero-order chi connectivity index (χ0) is 27.6. The highest BCUT2D eigenvalue weighted by Crippen LogP contribution is 2.28. The van der Waals surface area contributed by atoms with Gasteiger partial charge in [0.15, 0.2) is 0 Å². The van der Waals surface area contributed by atoms with Crippen LogP contribution in [0.1, 0.15) is 15.9 Å². The number of carbonyl (C=O) groups is 1. The van der Waals surface area contributed by atoms with Gasteiger partial charge in [-0.1, -0.05) is 34.8 Å². The van der Waals surface area contributed by atoms with Gasteiger partial charge in [-0.2, -0.15) is 4.31 Å². The molecule has 202 valence electrons. The van der Waals surface area contributed by atoms with E-state index in [9.17, 15) is 17.4 Å². The third-order valence-electron chi connectivity index (χ3n) is 6.32. The lowest BCUT2D eigenvalue weighted by Crippen LogP contribution is -2.48. The normalized spacial score (nSPS) is 15.2. The minimum Gasteiger partial charge on any atom is -0.369 e. The number of hydrogen-bond acceptors (Lipinski definition) is 5. The van der Waals surface area contributed by atoms with Crippen LogP contribution in [0.5, 0.6) is 0 Å². The van der Waals surface area contributed by atoms with Crippen LogP contribution in [0.2, 0.25) is 10.0 Å². The van der Waals surface area contributed by atoms with Gasteiger partial charge >= 0.3 is 0 Å². The highest BCUT2D eigenvalue weighted by Gasteiger charge is 2.29. The van der Waals surface area contributed by atoms with Gasteiger partial charge in [-0.3, -0.25) is 9.10 Å². The van der Waals surface area contributed by atoms with E-state index in [1.165, 1.54) is 27.0 Å². The number of amides is 1. The monoisotopic (exact) mass is 594 g/mol. The maximum Gasteiger partial charge on any atom is 0.257 e. The van der Waals surface area contributed by atoms with E-state index in [4.69, 9.17) is 23.2 Å². The fourth-order valence-electron chi connectivity index (χ4n) is 4.21. The molecule has 1 N–H and O–H groups in total. The first kappa shape index (κ1) is 28.4. The van der Waals surface area contributed by atoms with Crippen molar-refractivity contribution in [2.75, 3.05) is 54.0 Å².